The van der Waals surface area contributed by atoms with E-state index in [9.17, 15) is 14.0 Å². The van der Waals surface area contributed by atoms with Crippen LogP contribution in [0.2, 0.25) is 0 Å². The molecule has 35 heavy (non-hydrogen) atoms. The molecule has 0 bridgehead atoms. The van der Waals surface area contributed by atoms with Crippen LogP contribution in [0.5, 0.6) is 0 Å². The molecule has 8 nitrogen and oxygen atoms in total. The normalized spacial score (nSPS) is 11.2. The van der Waals surface area contributed by atoms with Gasteiger partial charge in [0.1, 0.15) is 5.82 Å². The van der Waals surface area contributed by atoms with E-state index in [2.05, 4.69) is 30.8 Å². The lowest BCUT2D eigenvalue weighted by Gasteiger charge is -2.09. The predicted octanol–water partition coefficient (Wildman–Crippen LogP) is 4.65. The van der Waals surface area contributed by atoms with Crippen LogP contribution in [0.1, 0.15) is 23.7 Å². The molecule has 0 radical (unpaired) electrons. The van der Waals surface area contributed by atoms with Crippen molar-refractivity contribution in [2.75, 3.05) is 11.9 Å². The smallest absolute Gasteiger partial charge is 0.321 e. The van der Waals surface area contributed by atoms with Gasteiger partial charge in [0.05, 0.1) is 22.1 Å². The van der Waals surface area contributed by atoms with Gasteiger partial charge in [0.25, 0.3) is 5.56 Å². The molecule has 0 saturated heterocycles. The lowest BCUT2D eigenvalue weighted by molar-refractivity contribution is 0.252. The van der Waals surface area contributed by atoms with Gasteiger partial charge in [-0.15, -0.1) is 0 Å². The van der Waals surface area contributed by atoms with E-state index in [1.165, 1.54) is 6.07 Å². The number of benzene rings is 3. The number of carbonyl (C=O) groups excluding carboxylic acids is 1. The van der Waals surface area contributed by atoms with Gasteiger partial charge in [0.2, 0.25) is 5.95 Å². The van der Waals surface area contributed by atoms with Crippen LogP contribution < -0.4 is 16.2 Å². The monoisotopic (exact) mass is 470 g/mol. The van der Waals surface area contributed by atoms with E-state index in [0.717, 1.165) is 16.5 Å². The summed E-state index contributed by atoms with van der Waals surface area (Å²) in [5, 5.41) is 13.5. The number of amides is 2. The Labute approximate surface area is 199 Å². The zero-order valence-corrected chi connectivity index (χ0v) is 19.2. The first-order valence-corrected chi connectivity index (χ1v) is 11.2. The number of aromatic nitrogens is 4. The number of halogens is 1. The molecule has 4 N–H and O–H groups in total. The number of fused-ring (bicyclic) bond motifs is 2. The highest BCUT2D eigenvalue weighted by Crippen LogP contribution is 2.28. The summed E-state index contributed by atoms with van der Waals surface area (Å²) in [6, 6.07) is 15.6. The fourth-order valence-electron chi connectivity index (χ4n) is 4.12. The number of rotatable bonds is 5. The molecule has 2 amide bonds. The van der Waals surface area contributed by atoms with Gasteiger partial charge in [-0.2, -0.15) is 5.10 Å². The number of urea groups is 1. The summed E-state index contributed by atoms with van der Waals surface area (Å²) in [6.07, 6.45) is 0.427. The highest BCUT2D eigenvalue weighted by molar-refractivity contribution is 5.91. The van der Waals surface area contributed by atoms with Crippen LogP contribution in [0.15, 0.2) is 59.4 Å². The van der Waals surface area contributed by atoms with E-state index in [-0.39, 0.29) is 17.4 Å². The molecular formula is C26H23FN6O2. The SMILES string of the molecule is CCNC(=O)Nc1nc2ccc(-c3cc(Cc4n[nH]c(=O)c5cc(C)ccc45)ccc3F)cc2[nH]1. The molecule has 3 aromatic carbocycles. The Hall–Kier alpha value is -4.53. The first kappa shape index (κ1) is 22.3. The summed E-state index contributed by atoms with van der Waals surface area (Å²) < 4.78 is 14.9. The highest BCUT2D eigenvalue weighted by atomic mass is 19.1. The largest absolute Gasteiger partial charge is 0.338 e. The van der Waals surface area contributed by atoms with E-state index < -0.39 is 0 Å². The van der Waals surface area contributed by atoms with Crippen LogP contribution in [-0.4, -0.2) is 32.7 Å². The van der Waals surface area contributed by atoms with Crippen molar-refractivity contribution in [3.63, 3.8) is 0 Å². The molecular weight excluding hydrogens is 447 g/mol. The molecule has 9 heteroatoms. The van der Waals surface area contributed by atoms with Gasteiger partial charge >= 0.3 is 6.03 Å². The Morgan fingerprint density at radius 1 is 1.06 bits per heavy atom. The van der Waals surface area contributed by atoms with Crippen molar-refractivity contribution < 1.29 is 9.18 Å². The number of H-pyrrole nitrogens is 2. The molecule has 0 aliphatic rings. The Morgan fingerprint density at radius 2 is 1.91 bits per heavy atom. The van der Waals surface area contributed by atoms with E-state index in [1.54, 1.807) is 30.3 Å². The van der Waals surface area contributed by atoms with Crippen molar-refractivity contribution in [1.29, 1.82) is 0 Å². The molecule has 0 atom stereocenters. The summed E-state index contributed by atoms with van der Waals surface area (Å²) >= 11 is 0. The Kier molecular flexibility index (Phi) is 5.74. The van der Waals surface area contributed by atoms with Gasteiger partial charge in [-0.25, -0.2) is 19.3 Å². The van der Waals surface area contributed by atoms with Crippen molar-refractivity contribution >= 4 is 33.8 Å². The third kappa shape index (κ3) is 4.48. The van der Waals surface area contributed by atoms with Gasteiger partial charge in [0, 0.05) is 23.9 Å². The van der Waals surface area contributed by atoms with Gasteiger partial charge in [0.15, 0.2) is 0 Å². The third-order valence-corrected chi connectivity index (χ3v) is 5.79. The first-order valence-electron chi connectivity index (χ1n) is 11.2. The van der Waals surface area contributed by atoms with Gasteiger partial charge in [-0.1, -0.05) is 29.8 Å². The van der Waals surface area contributed by atoms with Gasteiger partial charge in [-0.3, -0.25) is 10.1 Å². The lowest BCUT2D eigenvalue weighted by atomic mass is 9.98. The molecule has 5 aromatic rings. The Morgan fingerprint density at radius 3 is 2.74 bits per heavy atom. The van der Waals surface area contributed by atoms with Crippen LogP contribution in [-0.2, 0) is 6.42 Å². The fraction of sp³-hybridized carbons (Fsp3) is 0.154. The van der Waals surface area contributed by atoms with Gasteiger partial charge in [-0.05, 0) is 55.3 Å². The molecule has 5 rings (SSSR count). The second-order valence-corrected chi connectivity index (χ2v) is 8.34. The van der Waals surface area contributed by atoms with Crippen LogP contribution in [0, 0.1) is 12.7 Å². The average molecular weight is 471 g/mol. The van der Waals surface area contributed by atoms with Crippen molar-refractivity contribution in [3.8, 4) is 11.1 Å². The number of anilines is 1. The van der Waals surface area contributed by atoms with Gasteiger partial charge < -0.3 is 10.3 Å². The standard InChI is InChI=1S/C26H23FN6O2/c1-3-28-26(35)31-25-29-21-9-6-16(13-23(21)30-25)18-11-15(5-8-20(18)27)12-22-17-7-4-14(2)10-19(17)24(34)33-32-22/h4-11,13H,3,12H2,1-2H3,(H,33,34)(H3,28,29,30,31,35). The maximum absolute atomic E-state index is 14.9. The summed E-state index contributed by atoms with van der Waals surface area (Å²) in [4.78, 5) is 31.4. The van der Waals surface area contributed by atoms with E-state index in [4.69, 9.17) is 0 Å². The number of aromatic amines is 2. The molecule has 0 aliphatic heterocycles. The second kappa shape index (κ2) is 9.02. The number of hydrogen-bond donors (Lipinski definition) is 4. The summed E-state index contributed by atoms with van der Waals surface area (Å²) in [5.41, 5.74) is 4.73. The number of carbonyl (C=O) groups is 1. The van der Waals surface area contributed by atoms with E-state index in [1.807, 2.05) is 32.0 Å². The predicted molar refractivity (Wildman–Crippen MR) is 134 cm³/mol. The molecule has 0 unspecified atom stereocenters. The zero-order valence-electron chi connectivity index (χ0n) is 19.2. The third-order valence-electron chi connectivity index (χ3n) is 5.79. The van der Waals surface area contributed by atoms with Crippen molar-refractivity contribution in [1.82, 2.24) is 25.5 Å². The number of nitrogens with zero attached hydrogens (tertiary/aromatic N) is 2. The highest BCUT2D eigenvalue weighted by Gasteiger charge is 2.13. The zero-order chi connectivity index (χ0) is 24.5. The molecule has 2 aromatic heterocycles. The summed E-state index contributed by atoms with van der Waals surface area (Å²) in [5.74, 6) is -0.0493. The summed E-state index contributed by atoms with van der Waals surface area (Å²) in [7, 11) is 0. The minimum Gasteiger partial charge on any atom is -0.338 e. The van der Waals surface area contributed by atoms with Crippen molar-refractivity contribution in [3.05, 3.63) is 87.6 Å². The summed E-state index contributed by atoms with van der Waals surface area (Å²) in [6.45, 7) is 4.25. The quantitative estimate of drug-likeness (QED) is 0.299. The minimum absolute atomic E-state index is 0.235. The number of nitrogens with one attached hydrogen (secondary N) is 4. The number of imidazole rings is 1. The minimum atomic E-state index is -0.358. The number of hydrogen-bond acceptors (Lipinski definition) is 4. The van der Waals surface area contributed by atoms with E-state index in [0.29, 0.717) is 52.2 Å². The average Bonchev–Trinajstić information content (AvgIpc) is 3.23. The van der Waals surface area contributed by atoms with Crippen molar-refractivity contribution in [2.45, 2.75) is 20.3 Å². The van der Waals surface area contributed by atoms with Crippen molar-refractivity contribution in [2.24, 2.45) is 0 Å². The maximum atomic E-state index is 14.9. The maximum Gasteiger partial charge on any atom is 0.321 e. The van der Waals surface area contributed by atoms with Crippen LogP contribution in [0.3, 0.4) is 0 Å². The fourth-order valence-corrected chi connectivity index (χ4v) is 4.12. The Bertz CT molecular complexity index is 1640. The molecule has 176 valence electrons. The van der Waals surface area contributed by atoms with Crippen LogP contribution >= 0.6 is 0 Å². The topological polar surface area (TPSA) is 116 Å². The first-order chi connectivity index (χ1) is 16.9. The number of aryl methyl sites for hydroxylation is 1. The molecule has 0 aliphatic carbocycles. The molecule has 0 saturated carbocycles. The van der Waals surface area contributed by atoms with Crippen LogP contribution in [0.25, 0.3) is 32.9 Å². The van der Waals surface area contributed by atoms with E-state index >= 15 is 0 Å². The second-order valence-electron chi connectivity index (χ2n) is 8.34. The lowest BCUT2D eigenvalue weighted by Crippen LogP contribution is -2.28. The Balaban J connectivity index is 1.48. The molecule has 0 spiro atoms. The molecule has 0 fully saturated rings. The molecule has 2 heterocycles. The van der Waals surface area contributed by atoms with Crippen LogP contribution in [0.4, 0.5) is 15.1 Å².